The van der Waals surface area contributed by atoms with E-state index in [-0.39, 0.29) is 12.3 Å². The van der Waals surface area contributed by atoms with Gasteiger partial charge in [-0.1, -0.05) is 30.3 Å². The number of hydrogen-bond acceptors (Lipinski definition) is 3. The lowest BCUT2D eigenvalue weighted by Crippen LogP contribution is -2.53. The van der Waals surface area contributed by atoms with Crippen molar-refractivity contribution in [1.29, 1.82) is 0 Å². The summed E-state index contributed by atoms with van der Waals surface area (Å²) >= 11 is 0. The highest BCUT2D eigenvalue weighted by Crippen LogP contribution is 2.24. The molecule has 114 valence electrons. The molecule has 1 amide bonds. The third-order valence-corrected chi connectivity index (χ3v) is 3.83. The quantitative estimate of drug-likeness (QED) is 0.837. The lowest BCUT2D eigenvalue weighted by Gasteiger charge is -2.36. The van der Waals surface area contributed by atoms with Gasteiger partial charge in [0.25, 0.3) is 0 Å². The predicted octanol–water partition coefficient (Wildman–Crippen LogP) is 1.76. The monoisotopic (exact) mass is 291 g/mol. The fraction of sp³-hybridized carbons (Fsp3) is 0.500. The van der Waals surface area contributed by atoms with Gasteiger partial charge in [0.2, 0.25) is 5.91 Å². The van der Waals surface area contributed by atoms with Gasteiger partial charge in [0.15, 0.2) is 0 Å². The molecule has 0 atom stereocenters. The van der Waals surface area contributed by atoms with Crippen LogP contribution in [0.2, 0.25) is 0 Å². The van der Waals surface area contributed by atoms with Crippen LogP contribution in [0, 0.1) is 0 Å². The smallest absolute Gasteiger partial charge is 0.305 e. The molecule has 0 bridgehead atoms. The number of carboxylic acids is 1. The number of nitrogens with one attached hydrogen (secondary N) is 1. The van der Waals surface area contributed by atoms with Crippen LogP contribution in [0.15, 0.2) is 30.3 Å². The third kappa shape index (κ3) is 4.86. The lowest BCUT2D eigenvalue weighted by atomic mass is 9.86. The SMILES string of the molecule is O=C(O)CC1(NC(=O)CCc2ccccc2)CCOCC1. The van der Waals surface area contributed by atoms with Crippen molar-refractivity contribution < 1.29 is 19.4 Å². The van der Waals surface area contributed by atoms with Crippen LogP contribution in [0.5, 0.6) is 0 Å². The first-order chi connectivity index (χ1) is 10.1. The number of carboxylic acid groups (broad SMARTS) is 1. The molecule has 1 aromatic rings. The van der Waals surface area contributed by atoms with Crippen LogP contribution in [0.25, 0.3) is 0 Å². The number of aryl methyl sites for hydroxylation is 1. The second-order valence-electron chi connectivity index (χ2n) is 5.50. The maximum absolute atomic E-state index is 12.1. The van der Waals surface area contributed by atoms with Crippen molar-refractivity contribution in [3.63, 3.8) is 0 Å². The van der Waals surface area contributed by atoms with Crippen LogP contribution in [0.1, 0.15) is 31.2 Å². The Labute approximate surface area is 124 Å². The second kappa shape index (κ2) is 7.22. The number of rotatable bonds is 6. The molecular formula is C16H21NO4. The number of benzene rings is 1. The van der Waals surface area contributed by atoms with Crippen LogP contribution in [-0.4, -0.2) is 35.7 Å². The van der Waals surface area contributed by atoms with Gasteiger partial charge in [0.05, 0.1) is 12.0 Å². The number of carbonyl (C=O) groups is 2. The molecule has 1 saturated heterocycles. The van der Waals surface area contributed by atoms with Crippen molar-refractivity contribution >= 4 is 11.9 Å². The molecule has 1 aliphatic rings. The van der Waals surface area contributed by atoms with Gasteiger partial charge in [-0.2, -0.15) is 0 Å². The summed E-state index contributed by atoms with van der Waals surface area (Å²) in [4.78, 5) is 23.2. The second-order valence-corrected chi connectivity index (χ2v) is 5.50. The van der Waals surface area contributed by atoms with E-state index in [9.17, 15) is 9.59 Å². The lowest BCUT2D eigenvalue weighted by molar-refractivity contribution is -0.140. The van der Waals surface area contributed by atoms with Crippen molar-refractivity contribution in [1.82, 2.24) is 5.32 Å². The highest BCUT2D eigenvalue weighted by molar-refractivity contribution is 5.78. The Morgan fingerprint density at radius 2 is 1.86 bits per heavy atom. The van der Waals surface area contributed by atoms with Crippen molar-refractivity contribution in [3.05, 3.63) is 35.9 Å². The van der Waals surface area contributed by atoms with Crippen LogP contribution >= 0.6 is 0 Å². The summed E-state index contributed by atoms with van der Waals surface area (Å²) in [5.74, 6) is -0.984. The van der Waals surface area contributed by atoms with Gasteiger partial charge in [-0.25, -0.2) is 0 Å². The van der Waals surface area contributed by atoms with E-state index in [0.29, 0.717) is 38.9 Å². The molecular weight excluding hydrogens is 270 g/mol. The summed E-state index contributed by atoms with van der Waals surface area (Å²) in [5.41, 5.74) is 0.449. The Balaban J connectivity index is 1.90. The molecule has 5 heteroatoms. The topological polar surface area (TPSA) is 75.6 Å². The molecule has 1 aromatic carbocycles. The first-order valence-corrected chi connectivity index (χ1v) is 7.24. The Bertz CT molecular complexity index is 480. The molecule has 0 spiro atoms. The summed E-state index contributed by atoms with van der Waals surface area (Å²) in [6, 6.07) is 9.78. The third-order valence-electron chi connectivity index (χ3n) is 3.83. The molecule has 0 unspecified atom stereocenters. The zero-order valence-corrected chi connectivity index (χ0v) is 12.0. The number of aliphatic carboxylic acids is 1. The van der Waals surface area contributed by atoms with Crippen LogP contribution in [0.4, 0.5) is 0 Å². The maximum Gasteiger partial charge on any atom is 0.305 e. The highest BCUT2D eigenvalue weighted by atomic mass is 16.5. The zero-order valence-electron chi connectivity index (χ0n) is 12.0. The molecule has 1 aliphatic heterocycles. The first-order valence-electron chi connectivity index (χ1n) is 7.24. The summed E-state index contributed by atoms with van der Waals surface area (Å²) in [6.45, 7) is 0.985. The Morgan fingerprint density at radius 1 is 1.19 bits per heavy atom. The molecule has 1 heterocycles. The number of carbonyl (C=O) groups excluding carboxylic acids is 1. The average molecular weight is 291 g/mol. The van der Waals surface area contributed by atoms with Gasteiger partial charge in [-0.05, 0) is 24.8 Å². The molecule has 0 aliphatic carbocycles. The largest absolute Gasteiger partial charge is 0.481 e. The highest BCUT2D eigenvalue weighted by Gasteiger charge is 2.36. The Hall–Kier alpha value is -1.88. The van der Waals surface area contributed by atoms with E-state index in [0.717, 1.165) is 5.56 Å². The molecule has 0 aromatic heterocycles. The van der Waals surface area contributed by atoms with E-state index in [4.69, 9.17) is 9.84 Å². The number of ether oxygens (including phenoxy) is 1. The standard InChI is InChI=1S/C16H21NO4/c18-14(7-6-13-4-2-1-3-5-13)17-16(12-15(19)20)8-10-21-11-9-16/h1-5H,6-12H2,(H,17,18)(H,19,20). The van der Waals surface area contributed by atoms with Gasteiger partial charge < -0.3 is 15.2 Å². The van der Waals surface area contributed by atoms with E-state index in [1.807, 2.05) is 30.3 Å². The summed E-state index contributed by atoms with van der Waals surface area (Å²) in [5, 5.41) is 12.0. The average Bonchev–Trinajstić information content (AvgIpc) is 2.46. The molecule has 1 fully saturated rings. The van der Waals surface area contributed by atoms with Crippen LogP contribution in [0.3, 0.4) is 0 Å². The first kappa shape index (κ1) is 15.5. The van der Waals surface area contributed by atoms with E-state index in [1.54, 1.807) is 0 Å². The fourth-order valence-corrected chi connectivity index (χ4v) is 2.66. The minimum atomic E-state index is -0.889. The van der Waals surface area contributed by atoms with E-state index in [2.05, 4.69) is 5.32 Å². The van der Waals surface area contributed by atoms with Gasteiger partial charge in [-0.15, -0.1) is 0 Å². The summed E-state index contributed by atoms with van der Waals surface area (Å²) in [7, 11) is 0. The maximum atomic E-state index is 12.1. The molecule has 5 nitrogen and oxygen atoms in total. The minimum absolute atomic E-state index is 0.0482. The van der Waals surface area contributed by atoms with E-state index in [1.165, 1.54) is 0 Å². The zero-order chi connectivity index (χ0) is 15.1. The molecule has 21 heavy (non-hydrogen) atoms. The van der Waals surface area contributed by atoms with E-state index < -0.39 is 11.5 Å². The normalized spacial score (nSPS) is 17.1. The summed E-state index contributed by atoms with van der Waals surface area (Å²) < 4.78 is 5.27. The summed E-state index contributed by atoms with van der Waals surface area (Å²) in [6.07, 6.45) is 2.08. The van der Waals surface area contributed by atoms with Crippen molar-refractivity contribution in [2.24, 2.45) is 0 Å². The Morgan fingerprint density at radius 3 is 2.48 bits per heavy atom. The van der Waals surface area contributed by atoms with Crippen molar-refractivity contribution in [2.45, 2.75) is 37.6 Å². The van der Waals surface area contributed by atoms with E-state index >= 15 is 0 Å². The minimum Gasteiger partial charge on any atom is -0.481 e. The molecule has 2 N–H and O–H groups in total. The predicted molar refractivity (Wildman–Crippen MR) is 77.9 cm³/mol. The van der Waals surface area contributed by atoms with Crippen LogP contribution < -0.4 is 5.32 Å². The van der Waals surface area contributed by atoms with Gasteiger partial charge in [0, 0.05) is 19.6 Å². The van der Waals surface area contributed by atoms with Crippen molar-refractivity contribution in [3.8, 4) is 0 Å². The number of amides is 1. The fourth-order valence-electron chi connectivity index (χ4n) is 2.66. The van der Waals surface area contributed by atoms with Gasteiger partial charge in [-0.3, -0.25) is 9.59 Å². The molecule has 0 radical (unpaired) electrons. The van der Waals surface area contributed by atoms with Crippen molar-refractivity contribution in [2.75, 3.05) is 13.2 Å². The Kier molecular flexibility index (Phi) is 5.33. The van der Waals surface area contributed by atoms with Gasteiger partial charge >= 0.3 is 5.97 Å². The number of hydrogen-bond donors (Lipinski definition) is 2. The van der Waals surface area contributed by atoms with Crippen LogP contribution in [-0.2, 0) is 20.7 Å². The molecule has 0 saturated carbocycles. The van der Waals surface area contributed by atoms with Gasteiger partial charge in [0.1, 0.15) is 0 Å². The molecule has 2 rings (SSSR count).